The average Bonchev–Trinajstić information content (AvgIpc) is 2.23. The third-order valence-corrected chi connectivity index (χ3v) is 3.35. The normalized spacial score (nSPS) is 46.8. The van der Waals surface area contributed by atoms with Gasteiger partial charge in [-0.2, -0.15) is 0 Å². The topological polar surface area (TPSA) is 127 Å². The van der Waals surface area contributed by atoms with Crippen molar-refractivity contribution in [1.82, 2.24) is 0 Å². The van der Waals surface area contributed by atoms with Crippen molar-refractivity contribution in [2.24, 2.45) is 17.6 Å². The maximum Gasteiger partial charge on any atom is 0.0947 e. The summed E-state index contributed by atoms with van der Waals surface area (Å²) in [6.07, 6.45) is -0.967. The van der Waals surface area contributed by atoms with E-state index in [0.717, 1.165) is 0 Å². The molecule has 90 valence electrons. The highest BCUT2D eigenvalue weighted by Gasteiger charge is 2.50. The van der Waals surface area contributed by atoms with Crippen molar-refractivity contribution in [2.75, 3.05) is 19.8 Å². The van der Waals surface area contributed by atoms with Crippen molar-refractivity contribution in [3.8, 4) is 0 Å². The molecule has 0 heterocycles. The zero-order valence-electron chi connectivity index (χ0n) is 8.45. The SMILES string of the molecule is N[C@@H]1C[C@](O)(CO)[C@@H](CO)[C@@H](CO)[C@H]1O. The molecule has 0 spiro atoms. The first-order valence-corrected chi connectivity index (χ1v) is 4.98. The fourth-order valence-electron chi connectivity index (χ4n) is 2.36. The Balaban J connectivity index is 2.93. The Bertz CT molecular complexity index is 215. The molecular weight excluding hydrogens is 202 g/mol. The second-order valence-electron chi connectivity index (χ2n) is 4.26. The van der Waals surface area contributed by atoms with Crippen LogP contribution in [-0.4, -0.2) is 63.1 Å². The lowest BCUT2D eigenvalue weighted by atomic mass is 9.66. The zero-order chi connectivity index (χ0) is 11.6. The lowest BCUT2D eigenvalue weighted by Crippen LogP contribution is -2.62. The van der Waals surface area contributed by atoms with Crippen molar-refractivity contribution in [1.29, 1.82) is 0 Å². The van der Waals surface area contributed by atoms with Crippen molar-refractivity contribution in [3.63, 3.8) is 0 Å². The molecule has 7 N–H and O–H groups in total. The molecule has 0 aromatic heterocycles. The first-order valence-electron chi connectivity index (χ1n) is 4.98. The second kappa shape index (κ2) is 4.73. The molecule has 0 radical (unpaired) electrons. The van der Waals surface area contributed by atoms with Crippen LogP contribution in [-0.2, 0) is 0 Å². The fourth-order valence-corrected chi connectivity index (χ4v) is 2.36. The van der Waals surface area contributed by atoms with E-state index in [0.29, 0.717) is 0 Å². The van der Waals surface area contributed by atoms with Crippen LogP contribution in [0.2, 0.25) is 0 Å². The molecule has 6 heteroatoms. The number of aliphatic hydroxyl groups excluding tert-OH is 4. The standard InChI is InChI=1S/C9H19NO5/c10-7-1-9(15,4-13)6(3-12)5(2-11)8(7)14/h5-8,11-15H,1-4,10H2/t5-,6+,7-,8-,9+/m1/s1. The van der Waals surface area contributed by atoms with E-state index in [-0.39, 0.29) is 13.0 Å². The third kappa shape index (κ3) is 2.15. The van der Waals surface area contributed by atoms with Gasteiger partial charge in [0.2, 0.25) is 0 Å². The number of aliphatic hydroxyl groups is 5. The average molecular weight is 221 g/mol. The molecule has 15 heavy (non-hydrogen) atoms. The van der Waals surface area contributed by atoms with Gasteiger partial charge >= 0.3 is 0 Å². The Labute approximate surface area is 88.0 Å². The first-order chi connectivity index (χ1) is 7.00. The summed E-state index contributed by atoms with van der Waals surface area (Å²) in [6.45, 7) is -1.34. The molecule has 6 nitrogen and oxygen atoms in total. The van der Waals surface area contributed by atoms with Crippen LogP contribution in [0.1, 0.15) is 6.42 Å². The van der Waals surface area contributed by atoms with Gasteiger partial charge in [-0.05, 0) is 6.42 Å². The summed E-state index contributed by atoms with van der Waals surface area (Å²) in [7, 11) is 0. The van der Waals surface area contributed by atoms with Crippen LogP contribution in [0.5, 0.6) is 0 Å². The van der Waals surface area contributed by atoms with Crippen LogP contribution < -0.4 is 5.73 Å². The molecule has 0 aliphatic heterocycles. The van der Waals surface area contributed by atoms with Gasteiger partial charge in [0, 0.05) is 31.1 Å². The zero-order valence-corrected chi connectivity index (χ0v) is 8.45. The van der Waals surface area contributed by atoms with Crippen LogP contribution >= 0.6 is 0 Å². The van der Waals surface area contributed by atoms with Gasteiger partial charge in [-0.3, -0.25) is 0 Å². The van der Waals surface area contributed by atoms with Gasteiger partial charge in [0.25, 0.3) is 0 Å². The van der Waals surface area contributed by atoms with Gasteiger partial charge in [-0.1, -0.05) is 0 Å². The van der Waals surface area contributed by atoms with Crippen molar-refractivity contribution >= 4 is 0 Å². The van der Waals surface area contributed by atoms with Gasteiger partial charge in [0.1, 0.15) is 0 Å². The largest absolute Gasteiger partial charge is 0.396 e. The molecule has 1 saturated carbocycles. The van der Waals surface area contributed by atoms with E-state index in [9.17, 15) is 10.2 Å². The van der Waals surface area contributed by atoms with E-state index in [2.05, 4.69) is 0 Å². The third-order valence-electron chi connectivity index (χ3n) is 3.35. The fraction of sp³-hybridized carbons (Fsp3) is 1.00. The predicted molar refractivity (Wildman–Crippen MR) is 51.8 cm³/mol. The quantitative estimate of drug-likeness (QED) is 0.302. The monoisotopic (exact) mass is 221 g/mol. The highest BCUT2D eigenvalue weighted by molar-refractivity contribution is 5.02. The molecule has 1 fully saturated rings. The molecule has 1 aliphatic rings. The van der Waals surface area contributed by atoms with Gasteiger partial charge in [-0.15, -0.1) is 0 Å². The van der Waals surface area contributed by atoms with E-state index in [1.165, 1.54) is 0 Å². The number of nitrogens with two attached hydrogens (primary N) is 1. The summed E-state index contributed by atoms with van der Waals surface area (Å²) in [5, 5.41) is 47.0. The Hall–Kier alpha value is -0.240. The Kier molecular flexibility index (Phi) is 4.05. The first kappa shape index (κ1) is 12.8. The Morgan fingerprint density at radius 3 is 2.20 bits per heavy atom. The van der Waals surface area contributed by atoms with Crippen LogP contribution in [0.4, 0.5) is 0 Å². The van der Waals surface area contributed by atoms with Crippen LogP contribution in [0.25, 0.3) is 0 Å². The molecule has 0 saturated heterocycles. The van der Waals surface area contributed by atoms with E-state index in [4.69, 9.17) is 21.1 Å². The summed E-state index contributed by atoms with van der Waals surface area (Å²) in [6, 6.07) is -0.706. The van der Waals surface area contributed by atoms with E-state index < -0.39 is 42.8 Å². The maximum absolute atomic E-state index is 10.0. The summed E-state index contributed by atoms with van der Waals surface area (Å²) in [4.78, 5) is 0. The molecule has 5 atom stereocenters. The smallest absolute Gasteiger partial charge is 0.0947 e. The van der Waals surface area contributed by atoms with E-state index >= 15 is 0 Å². The molecule has 0 bridgehead atoms. The maximum atomic E-state index is 10.0. The van der Waals surface area contributed by atoms with E-state index in [1.807, 2.05) is 0 Å². The highest BCUT2D eigenvalue weighted by atomic mass is 16.3. The molecule has 1 aliphatic carbocycles. The van der Waals surface area contributed by atoms with Crippen LogP contribution in [0, 0.1) is 11.8 Å². The van der Waals surface area contributed by atoms with E-state index in [1.54, 1.807) is 0 Å². The van der Waals surface area contributed by atoms with Crippen LogP contribution in [0.3, 0.4) is 0 Å². The predicted octanol–water partition coefficient (Wildman–Crippen LogP) is -2.98. The Morgan fingerprint density at radius 1 is 1.20 bits per heavy atom. The van der Waals surface area contributed by atoms with Gasteiger partial charge in [-0.25, -0.2) is 0 Å². The summed E-state index contributed by atoms with van der Waals surface area (Å²) >= 11 is 0. The number of hydrogen-bond donors (Lipinski definition) is 6. The van der Waals surface area contributed by atoms with Crippen molar-refractivity contribution in [2.45, 2.75) is 24.2 Å². The van der Waals surface area contributed by atoms with Gasteiger partial charge < -0.3 is 31.3 Å². The second-order valence-corrected chi connectivity index (χ2v) is 4.26. The van der Waals surface area contributed by atoms with Gasteiger partial charge in [0.05, 0.1) is 18.3 Å². The molecule has 1 rings (SSSR count). The lowest BCUT2D eigenvalue weighted by molar-refractivity contribution is -0.165. The minimum atomic E-state index is -1.53. The summed E-state index contributed by atoms with van der Waals surface area (Å²) in [5.74, 6) is -1.47. The van der Waals surface area contributed by atoms with Crippen molar-refractivity contribution < 1.29 is 25.5 Å². The highest BCUT2D eigenvalue weighted by Crippen LogP contribution is 2.37. The molecule has 0 aromatic carbocycles. The molecule has 0 unspecified atom stereocenters. The molecule has 0 amide bonds. The molecular formula is C9H19NO5. The number of rotatable bonds is 3. The summed E-state index contributed by atoms with van der Waals surface area (Å²) in [5.41, 5.74) is 4.07. The van der Waals surface area contributed by atoms with Crippen molar-refractivity contribution in [3.05, 3.63) is 0 Å². The lowest BCUT2D eigenvalue weighted by Gasteiger charge is -2.47. The minimum Gasteiger partial charge on any atom is -0.396 e. The Morgan fingerprint density at radius 2 is 1.80 bits per heavy atom. The minimum absolute atomic E-state index is 0.00634. The van der Waals surface area contributed by atoms with Gasteiger partial charge in [0.15, 0.2) is 0 Å². The summed E-state index contributed by atoms with van der Waals surface area (Å²) < 4.78 is 0. The van der Waals surface area contributed by atoms with Crippen LogP contribution in [0.15, 0.2) is 0 Å². The molecule has 0 aromatic rings. The number of hydrogen-bond acceptors (Lipinski definition) is 6.